The van der Waals surface area contributed by atoms with E-state index in [1.807, 2.05) is 91.0 Å². The van der Waals surface area contributed by atoms with Gasteiger partial charge in [0.1, 0.15) is 34.4 Å². The maximum Gasteiger partial charge on any atom is 0.319 e. The van der Waals surface area contributed by atoms with Gasteiger partial charge in [0, 0.05) is 6.42 Å². The van der Waals surface area contributed by atoms with E-state index < -0.39 is 48.5 Å². The number of hydrogen-bond acceptors (Lipinski definition) is 6. The first kappa shape index (κ1) is 34.2. The van der Waals surface area contributed by atoms with Crippen molar-refractivity contribution >= 4 is 34.9 Å². The van der Waals surface area contributed by atoms with E-state index in [0.29, 0.717) is 5.56 Å². The van der Waals surface area contributed by atoms with Crippen LogP contribution in [0.4, 0.5) is 0 Å². The number of esters is 1. The largest absolute Gasteiger partial charge is 0.608 e. The Hall–Kier alpha value is -4.72. The normalized spacial score (nSPS) is 14.0. The number of ether oxygens (including phenoxy) is 2. The molecular formula is C39H40NO5P. The highest BCUT2D eigenvalue weighted by molar-refractivity contribution is 7.99. The first-order valence-electron chi connectivity index (χ1n) is 15.5. The highest BCUT2D eigenvalue weighted by Crippen LogP contribution is 2.67. The van der Waals surface area contributed by atoms with E-state index in [2.05, 4.69) is 6.07 Å². The fourth-order valence-corrected chi connectivity index (χ4v) is 10.6. The molecule has 2 unspecified atom stereocenters. The molecule has 0 radical (unpaired) electrons. The van der Waals surface area contributed by atoms with Crippen LogP contribution in [0.3, 0.4) is 0 Å². The lowest BCUT2D eigenvalue weighted by Crippen LogP contribution is -2.51. The van der Waals surface area contributed by atoms with Crippen molar-refractivity contribution in [3.05, 3.63) is 138 Å². The Morgan fingerprint density at radius 3 is 1.46 bits per heavy atom. The van der Waals surface area contributed by atoms with Crippen molar-refractivity contribution in [2.45, 2.75) is 58.7 Å². The molecule has 0 aromatic heterocycles. The van der Waals surface area contributed by atoms with Crippen molar-refractivity contribution in [1.29, 1.82) is 5.26 Å². The molecule has 0 bridgehead atoms. The van der Waals surface area contributed by atoms with E-state index >= 15 is 0 Å². The van der Waals surface area contributed by atoms with E-state index in [4.69, 9.17) is 9.47 Å². The van der Waals surface area contributed by atoms with Crippen LogP contribution in [0.15, 0.2) is 133 Å². The zero-order valence-electron chi connectivity index (χ0n) is 26.9. The zero-order valence-corrected chi connectivity index (χ0v) is 27.8. The summed E-state index contributed by atoms with van der Waals surface area (Å²) >= 11 is 0. The Labute approximate surface area is 272 Å². The number of rotatable bonds is 13. The highest BCUT2D eigenvalue weighted by Gasteiger charge is 2.63. The topological polar surface area (TPSA) is 99.5 Å². The van der Waals surface area contributed by atoms with Crippen molar-refractivity contribution in [3.8, 4) is 6.07 Å². The molecule has 0 saturated heterocycles. The first-order chi connectivity index (χ1) is 22.1. The fourth-order valence-electron chi connectivity index (χ4n) is 6.00. The van der Waals surface area contributed by atoms with E-state index in [1.165, 1.54) is 0 Å². The minimum absolute atomic E-state index is 0.0302. The summed E-state index contributed by atoms with van der Waals surface area (Å²) in [6.45, 7) is 8.52. The monoisotopic (exact) mass is 633 g/mol. The molecule has 0 aliphatic carbocycles. The second kappa shape index (κ2) is 15.0. The number of carbonyl (C=O) groups excluding carboxylic acids is 2. The highest BCUT2D eigenvalue weighted by atomic mass is 31.2. The summed E-state index contributed by atoms with van der Waals surface area (Å²) in [6, 6.07) is 39.4. The Morgan fingerprint density at radius 1 is 0.717 bits per heavy atom. The number of benzene rings is 4. The van der Waals surface area contributed by atoms with Gasteiger partial charge in [0.15, 0.2) is 11.2 Å². The summed E-state index contributed by atoms with van der Waals surface area (Å²) in [5.74, 6) is -3.76. The third kappa shape index (κ3) is 6.48. The second-order valence-corrected chi connectivity index (χ2v) is 14.9. The molecule has 0 heterocycles. The second-order valence-electron chi connectivity index (χ2n) is 11.5. The zero-order chi connectivity index (χ0) is 33.3. The van der Waals surface area contributed by atoms with Crippen LogP contribution in [0.2, 0.25) is 0 Å². The molecule has 0 aliphatic heterocycles. The molecule has 6 nitrogen and oxygen atoms in total. The average molecular weight is 634 g/mol. The molecule has 0 fully saturated rings. The van der Waals surface area contributed by atoms with Crippen molar-refractivity contribution < 1.29 is 24.2 Å². The van der Waals surface area contributed by atoms with Gasteiger partial charge in [0.25, 0.3) is 0 Å². The summed E-state index contributed by atoms with van der Waals surface area (Å²) in [5.41, 5.74) is -1.81. The molecule has 46 heavy (non-hydrogen) atoms. The summed E-state index contributed by atoms with van der Waals surface area (Å²) in [5, 5.41) is 28.5. The predicted molar refractivity (Wildman–Crippen MR) is 182 cm³/mol. The lowest BCUT2D eigenvalue weighted by Gasteiger charge is -2.41. The van der Waals surface area contributed by atoms with Gasteiger partial charge in [-0.05, 0) is 61.9 Å². The van der Waals surface area contributed by atoms with Crippen molar-refractivity contribution in [1.82, 2.24) is 0 Å². The van der Waals surface area contributed by atoms with Gasteiger partial charge in [-0.3, -0.25) is 9.59 Å². The van der Waals surface area contributed by atoms with Gasteiger partial charge >= 0.3 is 5.97 Å². The van der Waals surface area contributed by atoms with E-state index in [-0.39, 0.29) is 11.7 Å². The molecule has 4 aromatic carbocycles. The van der Waals surface area contributed by atoms with E-state index in [1.54, 1.807) is 65.0 Å². The van der Waals surface area contributed by atoms with Gasteiger partial charge in [0.2, 0.25) is 0 Å². The molecule has 0 N–H and O–H groups in total. The van der Waals surface area contributed by atoms with Crippen LogP contribution >= 0.6 is 7.26 Å². The molecule has 236 valence electrons. The van der Waals surface area contributed by atoms with Gasteiger partial charge in [-0.15, -0.1) is 0 Å². The Kier molecular flexibility index (Phi) is 11.2. The number of carbonyl (C=O) groups is 2. The minimum Gasteiger partial charge on any atom is -0.608 e. The molecule has 2 atom stereocenters. The molecule has 4 rings (SSSR count). The van der Waals surface area contributed by atoms with E-state index in [9.17, 15) is 20.0 Å². The van der Waals surface area contributed by atoms with Crippen LogP contribution in [-0.4, -0.2) is 24.0 Å². The molecule has 0 amide bonds. The van der Waals surface area contributed by atoms with Gasteiger partial charge in [-0.2, -0.15) is 5.26 Å². The molecule has 0 saturated carbocycles. The Morgan fingerprint density at radius 2 is 1.11 bits per heavy atom. The van der Waals surface area contributed by atoms with Crippen LogP contribution in [0.5, 0.6) is 0 Å². The summed E-state index contributed by atoms with van der Waals surface area (Å²) in [4.78, 5) is 29.2. The number of Topliss-reactive ketones (excluding diaryl/α,β-unsaturated/α-hetero) is 1. The number of nitriles is 1. The maximum atomic E-state index is 15.0. The molecular weight excluding hydrogens is 593 g/mol. The number of hydrogen-bond donors (Lipinski definition) is 0. The third-order valence-electron chi connectivity index (χ3n) is 7.80. The SMILES string of the molecule is CCC(=O)C(C#N)(c1ccccc1)C(C(=O)OC(C)C)/C(=C(/[O-])OC(C)C)[P+](c1ccccc1)(c1ccccc1)c1ccccc1. The van der Waals surface area contributed by atoms with Crippen LogP contribution in [0.25, 0.3) is 0 Å². The number of nitrogens with zero attached hydrogens (tertiary/aromatic N) is 1. The Bertz CT molecular complexity index is 1590. The van der Waals surface area contributed by atoms with Gasteiger partial charge in [-0.1, -0.05) is 106 Å². The predicted octanol–water partition coefficient (Wildman–Crippen LogP) is 5.94. The standard InChI is InChI=1S/C39H40NO5P/c1-6-34(41)39(27-40,30-19-11-7-12-20-30)35(37(42)44-28(2)3)36(38(43)45-29(4)5)46(31-21-13-8-14-22-31,32-23-15-9-16-24-32)33-25-17-10-18-26-33/h7-26,28-29,35H,6H2,1-5H3/b38-36+. The van der Waals surface area contributed by atoms with Crippen LogP contribution in [0, 0.1) is 17.2 Å². The van der Waals surface area contributed by atoms with Gasteiger partial charge in [0.05, 0.1) is 18.1 Å². The Balaban J connectivity index is 2.35. The van der Waals surface area contributed by atoms with Crippen LogP contribution < -0.4 is 21.0 Å². The number of ketones is 1. The minimum atomic E-state index is -3.37. The molecule has 0 aliphatic rings. The van der Waals surface area contributed by atoms with Crippen molar-refractivity contribution in [2.75, 3.05) is 0 Å². The van der Waals surface area contributed by atoms with Crippen molar-refractivity contribution in [2.24, 2.45) is 5.92 Å². The average Bonchev–Trinajstić information content (AvgIpc) is 3.07. The summed E-state index contributed by atoms with van der Waals surface area (Å²) < 4.78 is 12.0. The van der Waals surface area contributed by atoms with E-state index in [0.717, 1.165) is 15.9 Å². The van der Waals surface area contributed by atoms with Gasteiger partial charge < -0.3 is 14.6 Å². The smallest absolute Gasteiger partial charge is 0.319 e. The van der Waals surface area contributed by atoms with Gasteiger partial charge in [-0.25, -0.2) is 0 Å². The molecule has 4 aromatic rings. The summed E-state index contributed by atoms with van der Waals surface area (Å²) in [6.07, 6.45) is -1.23. The first-order valence-corrected chi connectivity index (χ1v) is 17.3. The third-order valence-corrected chi connectivity index (χ3v) is 12.2. The summed E-state index contributed by atoms with van der Waals surface area (Å²) in [7, 11) is -3.37. The van der Waals surface area contributed by atoms with Crippen LogP contribution in [0.1, 0.15) is 46.6 Å². The molecule has 0 spiro atoms. The van der Waals surface area contributed by atoms with Crippen LogP contribution in [-0.2, 0) is 24.5 Å². The fraction of sp³-hybridized carbons (Fsp3) is 0.256. The maximum absolute atomic E-state index is 15.0. The lowest BCUT2D eigenvalue weighted by molar-refractivity contribution is -0.363. The molecule has 7 heteroatoms. The van der Waals surface area contributed by atoms with Crippen molar-refractivity contribution in [3.63, 3.8) is 0 Å². The quantitative estimate of drug-likeness (QED) is 0.103. The lowest BCUT2D eigenvalue weighted by atomic mass is 9.67.